The second-order valence-corrected chi connectivity index (χ2v) is 8.37. The number of hydrogen-bond donors (Lipinski definition) is 0. The molecule has 126 valence electrons. The summed E-state index contributed by atoms with van der Waals surface area (Å²) in [5, 5.41) is 0. The maximum absolute atomic E-state index is 12.9. The molecule has 0 aliphatic carbocycles. The number of rotatable bonds is 4. The molecule has 0 spiro atoms. The first-order valence-electron chi connectivity index (χ1n) is 7.30. The minimum absolute atomic E-state index is 0.168. The van der Waals surface area contributed by atoms with Crippen molar-refractivity contribution < 1.29 is 17.9 Å². The van der Waals surface area contributed by atoms with Gasteiger partial charge in [0.25, 0.3) is 0 Å². The Morgan fingerprint density at radius 3 is 2.21 bits per heavy atom. The summed E-state index contributed by atoms with van der Waals surface area (Å²) in [5.41, 5.74) is 1.72. The van der Waals surface area contributed by atoms with Crippen LogP contribution in [0.5, 0.6) is 0 Å². The third-order valence-corrected chi connectivity index (χ3v) is 6.41. The lowest BCUT2D eigenvalue weighted by atomic mass is 10.1. The minimum Gasteiger partial charge on any atom is -0.468 e. The van der Waals surface area contributed by atoms with Gasteiger partial charge in [-0.3, -0.25) is 4.79 Å². The molecule has 0 aromatic heterocycles. The Balaban J connectivity index is 1.99. The van der Waals surface area contributed by atoms with Gasteiger partial charge in [-0.1, -0.05) is 45.8 Å². The maximum atomic E-state index is 12.9. The third kappa shape index (κ3) is 2.99. The number of methoxy groups -OCH3 is 1. The number of esters is 1. The van der Waals surface area contributed by atoms with Gasteiger partial charge in [-0.15, -0.1) is 0 Å². The highest BCUT2D eigenvalue weighted by Crippen LogP contribution is 2.48. The number of aryl methyl sites for hydroxylation is 1. The van der Waals surface area contributed by atoms with E-state index in [-0.39, 0.29) is 4.90 Å². The summed E-state index contributed by atoms with van der Waals surface area (Å²) < 4.78 is 32.7. The number of ether oxygens (including phenoxy) is 1. The average Bonchev–Trinajstić information content (AvgIpc) is 3.31. The molecule has 0 saturated carbocycles. The Bertz CT molecular complexity index is 862. The topological polar surface area (TPSA) is 63.5 Å². The SMILES string of the molecule is COC(=O)C1C(c2ccc(Br)cc2)N1S(=O)(=O)c1ccc(C)cc1. The molecule has 1 aliphatic rings. The second kappa shape index (κ2) is 6.31. The Morgan fingerprint density at radius 1 is 1.08 bits per heavy atom. The number of sulfonamides is 1. The zero-order valence-corrected chi connectivity index (χ0v) is 15.5. The van der Waals surface area contributed by atoms with Gasteiger partial charge in [-0.25, -0.2) is 8.42 Å². The first kappa shape index (κ1) is 17.1. The fraction of sp³-hybridized carbons (Fsp3) is 0.235. The predicted octanol–water partition coefficient (Wildman–Crippen LogP) is 3.04. The molecular formula is C17H16BrNO4S. The molecule has 2 aromatic carbocycles. The van der Waals surface area contributed by atoms with E-state index in [2.05, 4.69) is 15.9 Å². The van der Waals surface area contributed by atoms with Crippen molar-refractivity contribution in [3.63, 3.8) is 0 Å². The monoisotopic (exact) mass is 409 g/mol. The molecule has 0 bridgehead atoms. The molecule has 0 N–H and O–H groups in total. The lowest BCUT2D eigenvalue weighted by molar-refractivity contribution is -0.140. The maximum Gasteiger partial charge on any atom is 0.326 e. The van der Waals surface area contributed by atoms with Gasteiger partial charge in [-0.2, -0.15) is 4.31 Å². The van der Waals surface area contributed by atoms with Gasteiger partial charge in [0, 0.05) is 4.47 Å². The van der Waals surface area contributed by atoms with E-state index in [4.69, 9.17) is 4.74 Å². The number of carbonyl (C=O) groups is 1. The molecule has 0 radical (unpaired) electrons. The highest BCUT2D eigenvalue weighted by molar-refractivity contribution is 9.10. The molecule has 24 heavy (non-hydrogen) atoms. The van der Waals surface area contributed by atoms with E-state index in [1.165, 1.54) is 11.4 Å². The van der Waals surface area contributed by atoms with Crippen LogP contribution in [-0.2, 0) is 19.6 Å². The summed E-state index contributed by atoms with van der Waals surface area (Å²) in [4.78, 5) is 12.2. The molecule has 5 nitrogen and oxygen atoms in total. The smallest absolute Gasteiger partial charge is 0.326 e. The molecule has 3 atom stereocenters. The minimum atomic E-state index is -3.77. The summed E-state index contributed by atoms with van der Waals surface area (Å²) in [7, 11) is -2.51. The van der Waals surface area contributed by atoms with E-state index < -0.39 is 28.1 Å². The third-order valence-electron chi connectivity index (χ3n) is 4.01. The van der Waals surface area contributed by atoms with Gasteiger partial charge in [0.15, 0.2) is 0 Å². The molecule has 3 rings (SSSR count). The molecule has 1 aliphatic heterocycles. The van der Waals surface area contributed by atoms with Crippen molar-refractivity contribution in [2.75, 3.05) is 7.11 Å². The van der Waals surface area contributed by atoms with Crippen LogP contribution in [0.25, 0.3) is 0 Å². The summed E-state index contributed by atoms with van der Waals surface area (Å²) in [6.07, 6.45) is 0. The van der Waals surface area contributed by atoms with Crippen molar-refractivity contribution in [2.45, 2.75) is 23.9 Å². The molecule has 0 amide bonds. The Hall–Kier alpha value is -1.70. The zero-order valence-electron chi connectivity index (χ0n) is 13.1. The number of benzene rings is 2. The van der Waals surface area contributed by atoms with Crippen molar-refractivity contribution in [1.29, 1.82) is 0 Å². The van der Waals surface area contributed by atoms with E-state index in [1.807, 2.05) is 19.1 Å². The predicted molar refractivity (Wildman–Crippen MR) is 92.9 cm³/mol. The fourth-order valence-electron chi connectivity index (χ4n) is 2.69. The number of nitrogens with zero attached hydrogens (tertiary/aromatic N) is 1. The number of carbonyl (C=O) groups excluding carboxylic acids is 1. The van der Waals surface area contributed by atoms with Crippen molar-refractivity contribution in [1.82, 2.24) is 4.31 Å². The van der Waals surface area contributed by atoms with Gasteiger partial charge in [0.1, 0.15) is 6.04 Å². The van der Waals surface area contributed by atoms with Gasteiger partial charge >= 0.3 is 5.97 Å². The normalized spacial score (nSPS) is 22.9. The summed E-state index contributed by atoms with van der Waals surface area (Å²) in [6.45, 7) is 1.88. The second-order valence-electron chi connectivity index (χ2n) is 5.61. The van der Waals surface area contributed by atoms with Crippen LogP contribution in [0.3, 0.4) is 0 Å². The first-order valence-corrected chi connectivity index (χ1v) is 9.53. The van der Waals surface area contributed by atoms with Crippen LogP contribution in [-0.4, -0.2) is 31.8 Å². The number of hydrogen-bond acceptors (Lipinski definition) is 4. The van der Waals surface area contributed by atoms with E-state index in [0.29, 0.717) is 0 Å². The van der Waals surface area contributed by atoms with Crippen LogP contribution in [0.15, 0.2) is 57.9 Å². The van der Waals surface area contributed by atoms with Gasteiger partial charge in [-0.05, 0) is 36.8 Å². The van der Waals surface area contributed by atoms with E-state index >= 15 is 0 Å². The van der Waals surface area contributed by atoms with Crippen molar-refractivity contribution in [2.24, 2.45) is 0 Å². The van der Waals surface area contributed by atoms with E-state index in [0.717, 1.165) is 15.6 Å². The molecule has 7 heteroatoms. The van der Waals surface area contributed by atoms with Crippen LogP contribution in [0.1, 0.15) is 17.2 Å². The largest absolute Gasteiger partial charge is 0.468 e. The summed E-state index contributed by atoms with van der Waals surface area (Å²) in [5.74, 6) is -0.557. The average molecular weight is 410 g/mol. The summed E-state index contributed by atoms with van der Waals surface area (Å²) in [6, 6.07) is 12.4. The van der Waals surface area contributed by atoms with Gasteiger partial charge in [0.2, 0.25) is 10.0 Å². The highest BCUT2D eigenvalue weighted by atomic mass is 79.9. The van der Waals surface area contributed by atoms with E-state index in [9.17, 15) is 13.2 Å². The Morgan fingerprint density at radius 2 is 1.67 bits per heavy atom. The molecule has 3 unspecified atom stereocenters. The molecule has 1 saturated heterocycles. The molecule has 2 aromatic rings. The van der Waals surface area contributed by atoms with Gasteiger partial charge < -0.3 is 4.74 Å². The van der Waals surface area contributed by atoms with Crippen LogP contribution >= 0.6 is 15.9 Å². The standard InChI is InChI=1S/C17H16BrNO4S/c1-11-3-9-14(10-4-11)24(21,22)19-15(16(19)17(20)23-2)12-5-7-13(18)8-6-12/h3-10,15-16H,1-2H3. The lowest BCUT2D eigenvalue weighted by Gasteiger charge is -2.07. The van der Waals surface area contributed by atoms with Crippen molar-refractivity contribution >= 4 is 31.9 Å². The summed E-state index contributed by atoms with van der Waals surface area (Å²) >= 11 is 3.35. The van der Waals surface area contributed by atoms with Crippen LogP contribution in [0.4, 0.5) is 0 Å². The van der Waals surface area contributed by atoms with Crippen molar-refractivity contribution in [3.8, 4) is 0 Å². The van der Waals surface area contributed by atoms with Gasteiger partial charge in [0.05, 0.1) is 18.0 Å². The van der Waals surface area contributed by atoms with Crippen LogP contribution < -0.4 is 0 Å². The Kier molecular flexibility index (Phi) is 4.50. The zero-order chi connectivity index (χ0) is 17.5. The lowest BCUT2D eigenvalue weighted by Crippen LogP contribution is -2.20. The Labute approximate surface area is 149 Å². The van der Waals surface area contributed by atoms with Crippen LogP contribution in [0.2, 0.25) is 0 Å². The highest BCUT2D eigenvalue weighted by Gasteiger charge is 2.61. The van der Waals surface area contributed by atoms with E-state index in [1.54, 1.807) is 36.4 Å². The van der Waals surface area contributed by atoms with Crippen molar-refractivity contribution in [3.05, 3.63) is 64.1 Å². The number of halogens is 1. The quantitative estimate of drug-likeness (QED) is 0.574. The fourth-order valence-corrected chi connectivity index (χ4v) is 4.65. The molecule has 1 fully saturated rings. The molecule has 1 heterocycles. The first-order chi connectivity index (χ1) is 11.4. The molecular weight excluding hydrogens is 394 g/mol. The van der Waals surface area contributed by atoms with Crippen LogP contribution in [0, 0.1) is 6.92 Å².